The Balaban J connectivity index is 1.92. The van der Waals surface area contributed by atoms with Crippen molar-refractivity contribution in [1.82, 2.24) is 4.90 Å². The van der Waals surface area contributed by atoms with E-state index in [1.807, 2.05) is 11.0 Å². The topological polar surface area (TPSA) is 38.8 Å². The molecule has 1 saturated heterocycles. The molecule has 4 nitrogen and oxygen atoms in total. The second-order valence-corrected chi connectivity index (χ2v) is 8.82. The van der Waals surface area contributed by atoms with E-state index in [0.29, 0.717) is 23.6 Å². The molecule has 0 aliphatic carbocycles. The van der Waals surface area contributed by atoms with Gasteiger partial charge in [-0.3, -0.25) is 4.79 Å². The van der Waals surface area contributed by atoms with Gasteiger partial charge in [0.1, 0.15) is 22.4 Å². The van der Waals surface area contributed by atoms with E-state index in [1.165, 1.54) is 5.56 Å². The monoisotopic (exact) mass is 385 g/mol. The van der Waals surface area contributed by atoms with Crippen LogP contribution in [0.25, 0.3) is 0 Å². The van der Waals surface area contributed by atoms with E-state index in [4.69, 9.17) is 9.47 Å². The van der Waals surface area contributed by atoms with E-state index in [2.05, 4.69) is 45.0 Å². The SMILES string of the molecule is COc1cccc(OC)c1C(=O)N1CCS[C@@H]1c1ccc(C(C)(C)C)cc1. The molecule has 0 bridgehead atoms. The second kappa shape index (κ2) is 7.85. The molecule has 1 aliphatic rings. The number of nitrogens with zero attached hydrogens (tertiary/aromatic N) is 1. The third-order valence-electron chi connectivity index (χ3n) is 4.86. The number of hydrogen-bond donors (Lipinski definition) is 0. The quantitative estimate of drug-likeness (QED) is 0.751. The minimum atomic E-state index is -0.0563. The van der Waals surface area contributed by atoms with Gasteiger partial charge in [0.25, 0.3) is 5.91 Å². The van der Waals surface area contributed by atoms with Gasteiger partial charge in [-0.25, -0.2) is 0 Å². The number of thioether (sulfide) groups is 1. The third-order valence-corrected chi connectivity index (χ3v) is 6.12. The van der Waals surface area contributed by atoms with Crippen LogP contribution in [0.5, 0.6) is 11.5 Å². The van der Waals surface area contributed by atoms with Crippen LogP contribution in [0.4, 0.5) is 0 Å². The number of carbonyl (C=O) groups excluding carboxylic acids is 1. The fourth-order valence-electron chi connectivity index (χ4n) is 3.31. The van der Waals surface area contributed by atoms with Crippen molar-refractivity contribution in [1.29, 1.82) is 0 Å². The van der Waals surface area contributed by atoms with E-state index in [-0.39, 0.29) is 16.7 Å². The minimum Gasteiger partial charge on any atom is -0.496 e. The Bertz CT molecular complexity index is 789. The Morgan fingerprint density at radius 1 is 1.04 bits per heavy atom. The van der Waals surface area contributed by atoms with Crippen LogP contribution in [0.1, 0.15) is 47.6 Å². The summed E-state index contributed by atoms with van der Waals surface area (Å²) in [4.78, 5) is 15.3. The highest BCUT2D eigenvalue weighted by Crippen LogP contribution is 2.41. The van der Waals surface area contributed by atoms with Crippen LogP contribution in [0.3, 0.4) is 0 Å². The van der Waals surface area contributed by atoms with Crippen LogP contribution in [0.2, 0.25) is 0 Å². The summed E-state index contributed by atoms with van der Waals surface area (Å²) in [5.41, 5.74) is 3.04. The second-order valence-electron chi connectivity index (χ2n) is 7.63. The van der Waals surface area contributed by atoms with Gasteiger partial charge in [0.2, 0.25) is 0 Å². The fourth-order valence-corrected chi connectivity index (χ4v) is 4.56. The van der Waals surface area contributed by atoms with Crippen LogP contribution >= 0.6 is 11.8 Å². The number of rotatable bonds is 4. The molecular formula is C22H27NO3S. The van der Waals surface area contributed by atoms with Gasteiger partial charge in [-0.1, -0.05) is 51.1 Å². The molecule has 0 N–H and O–H groups in total. The minimum absolute atomic E-state index is 0.00105. The maximum Gasteiger partial charge on any atom is 0.262 e. The molecule has 144 valence electrons. The summed E-state index contributed by atoms with van der Waals surface area (Å²) in [6.07, 6.45) is 0. The largest absolute Gasteiger partial charge is 0.496 e. The van der Waals surface area contributed by atoms with Crippen LogP contribution in [-0.2, 0) is 5.41 Å². The molecule has 1 atom stereocenters. The summed E-state index contributed by atoms with van der Waals surface area (Å²) in [5.74, 6) is 1.94. The number of ether oxygens (including phenoxy) is 2. The first kappa shape index (κ1) is 19.6. The molecule has 1 aliphatic heterocycles. The van der Waals surface area contributed by atoms with E-state index in [9.17, 15) is 4.79 Å². The number of hydrogen-bond acceptors (Lipinski definition) is 4. The Kier molecular flexibility index (Phi) is 5.70. The maximum absolute atomic E-state index is 13.4. The van der Waals surface area contributed by atoms with E-state index < -0.39 is 0 Å². The third kappa shape index (κ3) is 3.93. The first-order chi connectivity index (χ1) is 12.9. The molecule has 0 spiro atoms. The number of benzene rings is 2. The Morgan fingerprint density at radius 2 is 1.63 bits per heavy atom. The summed E-state index contributed by atoms with van der Waals surface area (Å²) >= 11 is 1.79. The van der Waals surface area contributed by atoms with Crippen molar-refractivity contribution in [2.24, 2.45) is 0 Å². The zero-order valence-corrected chi connectivity index (χ0v) is 17.4. The van der Waals surface area contributed by atoms with Crippen LogP contribution in [0, 0.1) is 0 Å². The van der Waals surface area contributed by atoms with Crippen molar-refractivity contribution in [2.75, 3.05) is 26.5 Å². The van der Waals surface area contributed by atoms with Gasteiger partial charge in [-0.2, -0.15) is 0 Å². The Morgan fingerprint density at radius 3 is 2.15 bits per heavy atom. The fraction of sp³-hybridized carbons (Fsp3) is 0.409. The van der Waals surface area contributed by atoms with Crippen molar-refractivity contribution in [3.05, 3.63) is 59.2 Å². The molecule has 0 saturated carbocycles. The van der Waals surface area contributed by atoms with Crippen molar-refractivity contribution in [3.63, 3.8) is 0 Å². The maximum atomic E-state index is 13.4. The van der Waals surface area contributed by atoms with Gasteiger partial charge in [0, 0.05) is 12.3 Å². The molecule has 1 fully saturated rings. The first-order valence-corrected chi connectivity index (χ1v) is 10.2. The predicted molar refractivity (Wildman–Crippen MR) is 111 cm³/mol. The molecule has 0 aromatic heterocycles. The number of carbonyl (C=O) groups is 1. The molecule has 2 aromatic carbocycles. The Labute approximate surface area is 165 Å². The Hall–Kier alpha value is -2.14. The van der Waals surface area contributed by atoms with Gasteiger partial charge < -0.3 is 14.4 Å². The van der Waals surface area contributed by atoms with E-state index in [0.717, 1.165) is 11.3 Å². The van der Waals surface area contributed by atoms with Gasteiger partial charge >= 0.3 is 0 Å². The molecule has 3 rings (SSSR count). The summed E-state index contributed by atoms with van der Waals surface area (Å²) in [7, 11) is 3.15. The van der Waals surface area contributed by atoms with Crippen LogP contribution < -0.4 is 9.47 Å². The lowest BCUT2D eigenvalue weighted by atomic mass is 9.86. The zero-order chi connectivity index (χ0) is 19.6. The highest BCUT2D eigenvalue weighted by molar-refractivity contribution is 7.99. The lowest BCUT2D eigenvalue weighted by molar-refractivity contribution is 0.0753. The van der Waals surface area contributed by atoms with Crippen LogP contribution in [0.15, 0.2) is 42.5 Å². The van der Waals surface area contributed by atoms with E-state index in [1.54, 1.807) is 38.1 Å². The summed E-state index contributed by atoms with van der Waals surface area (Å²) in [6.45, 7) is 7.32. The van der Waals surface area contributed by atoms with Crippen molar-refractivity contribution in [3.8, 4) is 11.5 Å². The van der Waals surface area contributed by atoms with Gasteiger partial charge in [-0.05, 0) is 28.7 Å². The van der Waals surface area contributed by atoms with Crippen LogP contribution in [-0.4, -0.2) is 37.3 Å². The standard InChI is InChI=1S/C22H27NO3S/c1-22(2,3)16-11-9-15(10-12-16)21-23(13-14-27-21)20(24)19-17(25-4)7-6-8-18(19)26-5/h6-12,21H,13-14H2,1-5H3/t21-/m1/s1. The lowest BCUT2D eigenvalue weighted by Crippen LogP contribution is -2.31. The van der Waals surface area contributed by atoms with Crippen molar-refractivity contribution >= 4 is 17.7 Å². The lowest BCUT2D eigenvalue weighted by Gasteiger charge is -2.26. The molecular weight excluding hydrogens is 358 g/mol. The molecule has 1 heterocycles. The molecule has 2 aromatic rings. The average Bonchev–Trinajstić information content (AvgIpc) is 3.16. The van der Waals surface area contributed by atoms with Crippen molar-refractivity contribution < 1.29 is 14.3 Å². The smallest absolute Gasteiger partial charge is 0.262 e. The highest BCUT2D eigenvalue weighted by Gasteiger charge is 2.34. The molecule has 27 heavy (non-hydrogen) atoms. The summed E-state index contributed by atoms with van der Waals surface area (Å²) in [6, 6.07) is 14.0. The highest BCUT2D eigenvalue weighted by atomic mass is 32.2. The summed E-state index contributed by atoms with van der Waals surface area (Å²) in [5, 5.41) is 0.00105. The van der Waals surface area contributed by atoms with Crippen molar-refractivity contribution in [2.45, 2.75) is 31.6 Å². The predicted octanol–water partition coefficient (Wildman–Crippen LogP) is 4.89. The number of amides is 1. The molecule has 5 heteroatoms. The summed E-state index contributed by atoms with van der Waals surface area (Å²) < 4.78 is 10.9. The van der Waals surface area contributed by atoms with Gasteiger partial charge in [0.05, 0.1) is 14.2 Å². The van der Waals surface area contributed by atoms with Gasteiger partial charge in [0.15, 0.2) is 0 Å². The number of methoxy groups -OCH3 is 2. The average molecular weight is 386 g/mol. The molecule has 0 radical (unpaired) electrons. The zero-order valence-electron chi connectivity index (χ0n) is 16.6. The molecule has 1 amide bonds. The van der Waals surface area contributed by atoms with Gasteiger partial charge in [-0.15, -0.1) is 11.8 Å². The first-order valence-electron chi connectivity index (χ1n) is 9.11. The normalized spacial score (nSPS) is 17.1. The van der Waals surface area contributed by atoms with E-state index >= 15 is 0 Å². The molecule has 0 unspecified atom stereocenters.